The molecule has 0 atom stereocenters. The summed E-state index contributed by atoms with van der Waals surface area (Å²) in [5.41, 5.74) is -0.535. The minimum absolute atomic E-state index is 0.0418. The molecule has 1 heterocycles. The average molecular weight is 193 g/mol. The standard InChI is InChI=1S/C7H6F3NO2/c1-3-5(4(2)13-11-3)6(12)7(8,9)10/h1-2H3. The minimum Gasteiger partial charge on any atom is -0.361 e. The molecule has 1 rings (SSSR count). The maximum atomic E-state index is 12.0. The molecule has 0 saturated carbocycles. The molecule has 1 aromatic rings. The Morgan fingerprint density at radius 3 is 2.23 bits per heavy atom. The zero-order valence-electron chi connectivity index (χ0n) is 6.90. The molecule has 0 aromatic carbocycles. The third kappa shape index (κ3) is 1.71. The summed E-state index contributed by atoms with van der Waals surface area (Å²) in [6.07, 6.45) is -4.87. The van der Waals surface area contributed by atoms with Crippen molar-refractivity contribution in [3.63, 3.8) is 0 Å². The van der Waals surface area contributed by atoms with Crippen LogP contribution in [-0.2, 0) is 0 Å². The number of carbonyl (C=O) groups excluding carboxylic acids is 1. The Balaban J connectivity index is 3.16. The van der Waals surface area contributed by atoms with E-state index in [1.165, 1.54) is 13.8 Å². The van der Waals surface area contributed by atoms with Crippen LogP contribution in [0, 0.1) is 13.8 Å². The summed E-state index contributed by atoms with van der Waals surface area (Å²) >= 11 is 0. The number of nitrogens with zero attached hydrogens (tertiary/aromatic N) is 1. The summed E-state index contributed by atoms with van der Waals surface area (Å²) < 4.78 is 40.3. The van der Waals surface area contributed by atoms with Gasteiger partial charge in [-0.2, -0.15) is 13.2 Å². The van der Waals surface area contributed by atoms with Gasteiger partial charge in [-0.25, -0.2) is 0 Å². The number of halogens is 3. The third-order valence-electron chi connectivity index (χ3n) is 1.52. The lowest BCUT2D eigenvalue weighted by Crippen LogP contribution is -2.23. The number of carbonyl (C=O) groups is 1. The van der Waals surface area contributed by atoms with E-state index in [-0.39, 0.29) is 11.5 Å². The average Bonchev–Trinajstić information content (AvgIpc) is 2.28. The molecule has 0 bridgehead atoms. The van der Waals surface area contributed by atoms with E-state index in [1.807, 2.05) is 0 Å². The van der Waals surface area contributed by atoms with Crippen LogP contribution in [0.5, 0.6) is 0 Å². The lowest BCUT2D eigenvalue weighted by molar-refractivity contribution is -0.0886. The highest BCUT2D eigenvalue weighted by molar-refractivity contribution is 6.01. The number of hydrogen-bond acceptors (Lipinski definition) is 3. The van der Waals surface area contributed by atoms with E-state index in [9.17, 15) is 18.0 Å². The second-order valence-corrected chi connectivity index (χ2v) is 2.53. The predicted octanol–water partition coefficient (Wildman–Crippen LogP) is 2.04. The Kier molecular flexibility index (Phi) is 2.15. The van der Waals surface area contributed by atoms with Crippen LogP contribution in [0.25, 0.3) is 0 Å². The van der Waals surface area contributed by atoms with Gasteiger partial charge in [0.15, 0.2) is 0 Å². The molecular weight excluding hydrogens is 187 g/mol. The Bertz CT molecular complexity index is 320. The Labute approximate surface area is 71.5 Å². The number of aromatic nitrogens is 1. The van der Waals surface area contributed by atoms with Crippen molar-refractivity contribution in [2.45, 2.75) is 20.0 Å². The molecule has 0 aliphatic rings. The third-order valence-corrected chi connectivity index (χ3v) is 1.52. The van der Waals surface area contributed by atoms with E-state index in [2.05, 4.69) is 9.68 Å². The van der Waals surface area contributed by atoms with Crippen LogP contribution in [0.15, 0.2) is 4.52 Å². The molecule has 0 unspecified atom stereocenters. The summed E-state index contributed by atoms with van der Waals surface area (Å²) in [5.74, 6) is -2.02. The Morgan fingerprint density at radius 1 is 1.38 bits per heavy atom. The van der Waals surface area contributed by atoms with Gasteiger partial charge in [-0.05, 0) is 13.8 Å². The summed E-state index contributed by atoms with van der Waals surface area (Å²) in [6.45, 7) is 2.55. The number of rotatable bonds is 1. The number of Topliss-reactive ketones (excluding diaryl/α,β-unsaturated/α-hetero) is 1. The highest BCUT2D eigenvalue weighted by Crippen LogP contribution is 2.25. The second kappa shape index (κ2) is 2.86. The first-order valence-corrected chi connectivity index (χ1v) is 3.38. The minimum atomic E-state index is -4.87. The molecule has 72 valence electrons. The largest absolute Gasteiger partial charge is 0.455 e. The first kappa shape index (κ1) is 9.76. The molecular formula is C7H6F3NO2. The van der Waals surface area contributed by atoms with Gasteiger partial charge < -0.3 is 4.52 Å². The molecule has 13 heavy (non-hydrogen) atoms. The van der Waals surface area contributed by atoms with Crippen molar-refractivity contribution >= 4 is 5.78 Å². The summed E-state index contributed by atoms with van der Waals surface area (Å²) in [6, 6.07) is 0. The van der Waals surface area contributed by atoms with Gasteiger partial charge >= 0.3 is 6.18 Å². The molecule has 0 aliphatic carbocycles. The van der Waals surface area contributed by atoms with Crippen LogP contribution in [0.2, 0.25) is 0 Å². The predicted molar refractivity (Wildman–Crippen MR) is 36.4 cm³/mol. The molecule has 1 aromatic heterocycles. The zero-order chi connectivity index (χ0) is 10.2. The molecule has 0 fully saturated rings. The Morgan fingerprint density at radius 2 is 1.92 bits per heavy atom. The van der Waals surface area contributed by atoms with E-state index in [0.29, 0.717) is 0 Å². The maximum absolute atomic E-state index is 12.0. The van der Waals surface area contributed by atoms with Gasteiger partial charge in [-0.1, -0.05) is 5.16 Å². The first-order valence-electron chi connectivity index (χ1n) is 3.38. The molecule has 0 aliphatic heterocycles. The van der Waals surface area contributed by atoms with Crippen LogP contribution in [-0.4, -0.2) is 17.1 Å². The molecule has 6 heteroatoms. The van der Waals surface area contributed by atoms with Crippen molar-refractivity contribution < 1.29 is 22.5 Å². The molecule has 0 radical (unpaired) electrons. The Hall–Kier alpha value is -1.33. The fourth-order valence-electron chi connectivity index (χ4n) is 0.949. The van der Waals surface area contributed by atoms with Gasteiger partial charge in [0, 0.05) is 0 Å². The summed E-state index contributed by atoms with van der Waals surface area (Å²) in [4.78, 5) is 10.7. The van der Waals surface area contributed by atoms with Gasteiger partial charge in [-0.15, -0.1) is 0 Å². The smallest absolute Gasteiger partial charge is 0.361 e. The number of ketones is 1. The van der Waals surface area contributed by atoms with E-state index >= 15 is 0 Å². The van der Waals surface area contributed by atoms with Crippen LogP contribution >= 0.6 is 0 Å². The second-order valence-electron chi connectivity index (χ2n) is 2.53. The quantitative estimate of drug-likeness (QED) is 0.641. The monoisotopic (exact) mass is 193 g/mol. The van der Waals surface area contributed by atoms with E-state index in [0.717, 1.165) is 0 Å². The van der Waals surface area contributed by atoms with Crippen LogP contribution in [0.4, 0.5) is 13.2 Å². The van der Waals surface area contributed by atoms with Crippen molar-refractivity contribution in [3.05, 3.63) is 17.0 Å². The highest BCUT2D eigenvalue weighted by Gasteiger charge is 2.42. The van der Waals surface area contributed by atoms with Crippen molar-refractivity contribution in [3.8, 4) is 0 Å². The molecule has 0 spiro atoms. The lowest BCUT2D eigenvalue weighted by Gasteiger charge is -2.02. The lowest BCUT2D eigenvalue weighted by atomic mass is 10.1. The van der Waals surface area contributed by atoms with Gasteiger partial charge in [0.25, 0.3) is 5.78 Å². The fourth-order valence-corrected chi connectivity index (χ4v) is 0.949. The molecule has 0 saturated heterocycles. The van der Waals surface area contributed by atoms with Gasteiger partial charge in [0.05, 0.1) is 11.3 Å². The topological polar surface area (TPSA) is 43.1 Å². The maximum Gasteiger partial charge on any atom is 0.455 e. The van der Waals surface area contributed by atoms with Crippen LogP contribution in [0.3, 0.4) is 0 Å². The fraction of sp³-hybridized carbons (Fsp3) is 0.429. The van der Waals surface area contributed by atoms with E-state index in [1.54, 1.807) is 0 Å². The van der Waals surface area contributed by atoms with Crippen molar-refractivity contribution in [1.82, 2.24) is 5.16 Å². The van der Waals surface area contributed by atoms with Crippen molar-refractivity contribution in [1.29, 1.82) is 0 Å². The first-order chi connectivity index (χ1) is 5.84. The number of alkyl halides is 3. The van der Waals surface area contributed by atoms with Crippen molar-refractivity contribution in [2.24, 2.45) is 0 Å². The van der Waals surface area contributed by atoms with Gasteiger partial charge in [0.1, 0.15) is 5.76 Å². The van der Waals surface area contributed by atoms with Crippen molar-refractivity contribution in [2.75, 3.05) is 0 Å². The highest BCUT2D eigenvalue weighted by atomic mass is 19.4. The van der Waals surface area contributed by atoms with E-state index in [4.69, 9.17) is 0 Å². The zero-order valence-corrected chi connectivity index (χ0v) is 6.90. The normalized spacial score (nSPS) is 11.8. The molecule has 3 nitrogen and oxygen atoms in total. The molecule has 0 amide bonds. The summed E-state index contributed by atoms with van der Waals surface area (Å²) in [7, 11) is 0. The summed E-state index contributed by atoms with van der Waals surface area (Å²) in [5, 5.41) is 3.25. The van der Waals surface area contributed by atoms with Gasteiger partial charge in [-0.3, -0.25) is 4.79 Å². The molecule has 0 N–H and O–H groups in total. The number of hydrogen-bond donors (Lipinski definition) is 0. The SMILES string of the molecule is Cc1noc(C)c1C(=O)C(F)(F)F. The van der Waals surface area contributed by atoms with Crippen LogP contribution in [0.1, 0.15) is 21.8 Å². The van der Waals surface area contributed by atoms with Gasteiger partial charge in [0.2, 0.25) is 0 Å². The van der Waals surface area contributed by atoms with Crippen LogP contribution < -0.4 is 0 Å². The van der Waals surface area contributed by atoms with E-state index < -0.39 is 17.5 Å². The number of aryl methyl sites for hydroxylation is 2.